The third kappa shape index (κ3) is 3.20. The molecule has 0 radical (unpaired) electrons. The smallest absolute Gasteiger partial charge is 0.416 e. The number of fused-ring (bicyclic) bond motifs is 1. The van der Waals surface area contributed by atoms with Gasteiger partial charge in [0.05, 0.1) is 11.5 Å². The number of halogens is 3. The van der Waals surface area contributed by atoms with Gasteiger partial charge in [-0.15, -0.1) is 11.3 Å². The lowest BCUT2D eigenvalue weighted by molar-refractivity contribution is -0.255. The zero-order chi connectivity index (χ0) is 16.6. The van der Waals surface area contributed by atoms with E-state index in [4.69, 9.17) is 0 Å². The van der Waals surface area contributed by atoms with Crippen LogP contribution in [-0.2, 0) is 11.9 Å². The summed E-state index contributed by atoms with van der Waals surface area (Å²) in [6.45, 7) is 0. The second-order valence-corrected chi connectivity index (χ2v) is 6.43. The molecule has 0 unspecified atom stereocenters. The maximum atomic E-state index is 12.7. The Morgan fingerprint density at radius 3 is 2.87 bits per heavy atom. The van der Waals surface area contributed by atoms with E-state index in [0.29, 0.717) is 10.5 Å². The van der Waals surface area contributed by atoms with Crippen LogP contribution in [0.5, 0.6) is 0 Å². The number of aromatic nitrogens is 2. The molecule has 0 bridgehead atoms. The first kappa shape index (κ1) is 15.9. The van der Waals surface area contributed by atoms with E-state index in [2.05, 4.69) is 4.98 Å². The van der Waals surface area contributed by atoms with Crippen molar-refractivity contribution in [1.29, 1.82) is 0 Å². The van der Waals surface area contributed by atoms with Crippen molar-refractivity contribution in [3.05, 3.63) is 52.7 Å². The van der Waals surface area contributed by atoms with Crippen molar-refractivity contribution in [2.75, 3.05) is 0 Å². The topological polar surface area (TPSA) is 57.4 Å². The van der Waals surface area contributed by atoms with Crippen molar-refractivity contribution < 1.29 is 23.1 Å². The van der Waals surface area contributed by atoms with E-state index in [-0.39, 0.29) is 16.5 Å². The fourth-order valence-corrected chi connectivity index (χ4v) is 3.77. The van der Waals surface area contributed by atoms with Crippen molar-refractivity contribution in [3.8, 4) is 0 Å². The molecular formula is C14H8F3N2O2S2-. The zero-order valence-corrected chi connectivity index (χ0v) is 13.0. The number of hydrogen-bond donors (Lipinski definition) is 0. The Hall–Kier alpha value is -2.00. The van der Waals surface area contributed by atoms with E-state index >= 15 is 0 Å². The largest absolute Gasteiger partial charge is 0.543 e. The molecule has 0 N–H and O–H groups in total. The van der Waals surface area contributed by atoms with Gasteiger partial charge in [-0.05, 0) is 11.6 Å². The fraction of sp³-hybridized carbons (Fsp3) is 0.143. The Labute approximate surface area is 136 Å². The van der Waals surface area contributed by atoms with Gasteiger partial charge in [0.25, 0.3) is 0 Å². The molecule has 0 atom stereocenters. The maximum absolute atomic E-state index is 12.7. The van der Waals surface area contributed by atoms with Gasteiger partial charge in [0.1, 0.15) is 10.7 Å². The van der Waals surface area contributed by atoms with Gasteiger partial charge in [-0.25, -0.2) is 4.98 Å². The number of benzene rings is 1. The lowest BCUT2D eigenvalue weighted by Crippen LogP contribution is -2.24. The highest BCUT2D eigenvalue weighted by Crippen LogP contribution is 2.32. The molecule has 1 aromatic carbocycles. The van der Waals surface area contributed by atoms with Gasteiger partial charge in [-0.2, -0.15) is 13.2 Å². The Kier molecular flexibility index (Phi) is 4.07. The van der Waals surface area contributed by atoms with E-state index in [1.807, 2.05) is 0 Å². The van der Waals surface area contributed by atoms with Gasteiger partial charge in [0, 0.05) is 17.3 Å². The van der Waals surface area contributed by atoms with Gasteiger partial charge in [0.15, 0.2) is 4.96 Å². The highest BCUT2D eigenvalue weighted by atomic mass is 32.2. The Bertz CT molecular complexity index is 870. The Morgan fingerprint density at radius 2 is 2.17 bits per heavy atom. The van der Waals surface area contributed by atoms with Crippen LogP contribution in [0.3, 0.4) is 0 Å². The monoisotopic (exact) mass is 357 g/mol. The van der Waals surface area contributed by atoms with Crippen molar-refractivity contribution in [1.82, 2.24) is 9.38 Å². The van der Waals surface area contributed by atoms with E-state index in [9.17, 15) is 23.1 Å². The molecule has 120 valence electrons. The van der Waals surface area contributed by atoms with Crippen LogP contribution in [0, 0.1) is 0 Å². The lowest BCUT2D eigenvalue weighted by atomic mass is 10.1. The van der Waals surface area contributed by atoms with E-state index in [0.717, 1.165) is 23.9 Å². The summed E-state index contributed by atoms with van der Waals surface area (Å²) in [7, 11) is 0. The number of thiazole rings is 1. The summed E-state index contributed by atoms with van der Waals surface area (Å²) in [6, 6.07) is 4.92. The first-order valence-electron chi connectivity index (χ1n) is 6.32. The maximum Gasteiger partial charge on any atom is 0.416 e. The molecule has 4 nitrogen and oxygen atoms in total. The summed E-state index contributed by atoms with van der Waals surface area (Å²) < 4.78 is 39.5. The lowest BCUT2D eigenvalue weighted by Gasteiger charge is -2.09. The minimum Gasteiger partial charge on any atom is -0.543 e. The van der Waals surface area contributed by atoms with Crippen LogP contribution in [0.2, 0.25) is 0 Å². The van der Waals surface area contributed by atoms with Gasteiger partial charge < -0.3 is 9.90 Å². The second-order valence-electron chi connectivity index (χ2n) is 4.60. The summed E-state index contributed by atoms with van der Waals surface area (Å²) >= 11 is 2.33. The van der Waals surface area contributed by atoms with E-state index < -0.39 is 17.7 Å². The molecular weight excluding hydrogens is 349 g/mol. The normalized spacial score (nSPS) is 12.0. The van der Waals surface area contributed by atoms with Gasteiger partial charge >= 0.3 is 6.18 Å². The number of carboxylic acid groups (broad SMARTS) is 1. The average Bonchev–Trinajstić information content (AvgIpc) is 3.04. The molecule has 0 amide bonds. The third-order valence-corrected chi connectivity index (χ3v) is 4.85. The van der Waals surface area contributed by atoms with Crippen LogP contribution in [-0.4, -0.2) is 15.4 Å². The molecule has 0 saturated carbocycles. The minimum atomic E-state index is -4.41. The van der Waals surface area contributed by atoms with Crippen LogP contribution >= 0.6 is 23.1 Å². The number of aromatic carboxylic acids is 1. The summed E-state index contributed by atoms with van der Waals surface area (Å²) in [5.74, 6) is -1.20. The van der Waals surface area contributed by atoms with Crippen molar-refractivity contribution in [2.45, 2.75) is 17.0 Å². The molecule has 23 heavy (non-hydrogen) atoms. The van der Waals surface area contributed by atoms with Crippen molar-refractivity contribution in [2.24, 2.45) is 0 Å². The summed E-state index contributed by atoms with van der Waals surface area (Å²) in [4.78, 5) is 15.9. The predicted molar refractivity (Wildman–Crippen MR) is 78.4 cm³/mol. The van der Waals surface area contributed by atoms with Crippen LogP contribution in [0.1, 0.15) is 21.6 Å². The molecule has 2 heterocycles. The summed E-state index contributed by atoms with van der Waals surface area (Å²) in [5, 5.41) is 13.2. The number of rotatable bonds is 4. The highest BCUT2D eigenvalue weighted by Gasteiger charge is 2.30. The first-order chi connectivity index (χ1) is 10.9. The molecule has 9 heteroatoms. The first-order valence-corrected chi connectivity index (χ1v) is 8.18. The SMILES string of the molecule is O=C([O-])c1c(SCc2cccc(C(F)(F)F)c2)nc2sccn12. The fourth-order valence-electron chi connectivity index (χ4n) is 2.04. The summed E-state index contributed by atoms with van der Waals surface area (Å²) in [6.07, 6.45) is -2.85. The number of carbonyl (C=O) groups excluding carboxylic acids is 1. The quantitative estimate of drug-likeness (QED) is 0.674. The van der Waals surface area contributed by atoms with Crippen molar-refractivity contribution in [3.63, 3.8) is 0 Å². The third-order valence-electron chi connectivity index (χ3n) is 3.05. The standard InChI is InChI=1S/C14H9F3N2O2S2/c15-14(16,17)9-3-1-2-8(6-9)7-23-11-10(12(20)21)19-4-5-22-13(19)18-11/h1-6H,7H2,(H,20,21)/p-1. The van der Waals surface area contributed by atoms with Crippen LogP contribution in [0.4, 0.5) is 13.2 Å². The number of thioether (sulfide) groups is 1. The molecule has 0 aliphatic heterocycles. The van der Waals surface area contributed by atoms with E-state index in [1.54, 1.807) is 17.6 Å². The molecule has 0 fully saturated rings. The molecule has 0 aliphatic carbocycles. The number of nitrogens with zero attached hydrogens (tertiary/aromatic N) is 2. The average molecular weight is 357 g/mol. The van der Waals surface area contributed by atoms with Gasteiger partial charge in [-0.1, -0.05) is 30.0 Å². The molecule has 3 rings (SSSR count). The molecule has 0 saturated heterocycles. The Balaban J connectivity index is 1.85. The summed E-state index contributed by atoms with van der Waals surface area (Å²) in [5.41, 5.74) is -0.384. The van der Waals surface area contributed by atoms with Gasteiger partial charge in [-0.3, -0.25) is 4.40 Å². The number of carboxylic acids is 1. The molecule has 0 spiro atoms. The van der Waals surface area contributed by atoms with Crippen LogP contribution in [0.15, 0.2) is 40.9 Å². The van der Waals surface area contributed by atoms with Crippen LogP contribution < -0.4 is 5.11 Å². The second kappa shape index (κ2) is 5.89. The van der Waals surface area contributed by atoms with Crippen LogP contribution in [0.25, 0.3) is 4.96 Å². The zero-order valence-electron chi connectivity index (χ0n) is 11.3. The van der Waals surface area contributed by atoms with Crippen molar-refractivity contribution >= 4 is 34.0 Å². The van der Waals surface area contributed by atoms with E-state index in [1.165, 1.54) is 21.8 Å². The number of carbonyl (C=O) groups is 1. The minimum absolute atomic E-state index is 0.0850. The molecule has 3 aromatic rings. The van der Waals surface area contributed by atoms with Gasteiger partial charge in [0.2, 0.25) is 0 Å². The highest BCUT2D eigenvalue weighted by molar-refractivity contribution is 7.98. The number of hydrogen-bond acceptors (Lipinski definition) is 5. The Morgan fingerprint density at radius 1 is 1.39 bits per heavy atom. The predicted octanol–water partition coefficient (Wildman–Crippen LogP) is 3.07. The number of imidazole rings is 1. The molecule has 0 aliphatic rings. The number of alkyl halides is 3. The molecule has 2 aromatic heterocycles.